The minimum atomic E-state index is -0.924. The highest BCUT2D eigenvalue weighted by Crippen LogP contribution is 2.19. The van der Waals surface area contributed by atoms with E-state index in [0.29, 0.717) is 16.8 Å². The summed E-state index contributed by atoms with van der Waals surface area (Å²) in [4.78, 5) is 15.6. The summed E-state index contributed by atoms with van der Waals surface area (Å²) in [6.45, 7) is 3.05. The van der Waals surface area contributed by atoms with Gasteiger partial charge in [0.05, 0.1) is 11.1 Å². The van der Waals surface area contributed by atoms with E-state index in [1.54, 1.807) is 12.1 Å². The molecule has 5 heteroatoms. The number of pyridine rings is 1. The Kier molecular flexibility index (Phi) is 4.84. The van der Waals surface area contributed by atoms with E-state index in [4.69, 9.17) is 5.11 Å². The van der Waals surface area contributed by atoms with Crippen LogP contribution in [0.1, 0.15) is 17.3 Å². The van der Waals surface area contributed by atoms with E-state index in [1.807, 2.05) is 30.0 Å². The van der Waals surface area contributed by atoms with E-state index in [-0.39, 0.29) is 5.56 Å². The third kappa shape index (κ3) is 3.42. The lowest BCUT2D eigenvalue weighted by atomic mass is 10.1. The molecule has 0 saturated heterocycles. The third-order valence-electron chi connectivity index (χ3n) is 3.05. The highest BCUT2D eigenvalue weighted by molar-refractivity contribution is 7.98. The van der Waals surface area contributed by atoms with E-state index in [0.717, 1.165) is 18.1 Å². The van der Waals surface area contributed by atoms with Crippen molar-refractivity contribution in [3.05, 3.63) is 35.9 Å². The van der Waals surface area contributed by atoms with E-state index in [9.17, 15) is 4.79 Å². The summed E-state index contributed by atoms with van der Waals surface area (Å²) >= 11 is 1.83. The van der Waals surface area contributed by atoms with Crippen molar-refractivity contribution in [3.63, 3.8) is 0 Å². The number of rotatable bonds is 6. The van der Waals surface area contributed by atoms with Crippen molar-refractivity contribution >= 4 is 34.5 Å². The molecule has 4 nitrogen and oxygen atoms in total. The van der Waals surface area contributed by atoms with E-state index in [2.05, 4.69) is 23.5 Å². The quantitative estimate of drug-likeness (QED) is 0.854. The van der Waals surface area contributed by atoms with Gasteiger partial charge in [0.15, 0.2) is 0 Å². The Morgan fingerprint density at radius 3 is 2.90 bits per heavy atom. The molecular formula is C15H18N2O2S. The largest absolute Gasteiger partial charge is 0.478 e. The standard InChI is InChI=1S/C15H18N2O2S/c1-10(9-20-2)8-16-14-7-6-11-12(15(18)19)4-3-5-13(11)17-14/h3-7,10H,8-9H2,1-2H3,(H,16,17)(H,18,19). The molecule has 2 N–H and O–H groups in total. The Morgan fingerprint density at radius 2 is 2.20 bits per heavy atom. The van der Waals surface area contributed by atoms with Gasteiger partial charge in [0.2, 0.25) is 0 Å². The molecule has 106 valence electrons. The number of benzene rings is 1. The molecule has 1 aromatic carbocycles. The van der Waals surface area contributed by atoms with Crippen LogP contribution in [0.4, 0.5) is 5.82 Å². The summed E-state index contributed by atoms with van der Waals surface area (Å²) in [6.07, 6.45) is 2.10. The number of nitrogens with zero attached hydrogens (tertiary/aromatic N) is 1. The van der Waals surface area contributed by atoms with Gasteiger partial charge in [0, 0.05) is 11.9 Å². The maximum Gasteiger partial charge on any atom is 0.336 e. The fraction of sp³-hybridized carbons (Fsp3) is 0.333. The third-order valence-corrected chi connectivity index (χ3v) is 3.95. The predicted molar refractivity (Wildman–Crippen MR) is 84.7 cm³/mol. The topological polar surface area (TPSA) is 62.2 Å². The summed E-state index contributed by atoms with van der Waals surface area (Å²) in [5.74, 6) is 1.52. The smallest absolute Gasteiger partial charge is 0.336 e. The van der Waals surface area contributed by atoms with E-state index >= 15 is 0 Å². The molecule has 0 fully saturated rings. The summed E-state index contributed by atoms with van der Waals surface area (Å²) in [6, 6.07) is 8.80. The van der Waals surface area contributed by atoms with Crippen LogP contribution >= 0.6 is 11.8 Å². The second-order valence-electron chi connectivity index (χ2n) is 4.82. The number of hydrogen-bond acceptors (Lipinski definition) is 4. The maximum atomic E-state index is 11.1. The molecule has 0 bridgehead atoms. The summed E-state index contributed by atoms with van der Waals surface area (Å²) in [7, 11) is 0. The summed E-state index contributed by atoms with van der Waals surface area (Å²) in [5, 5.41) is 13.1. The summed E-state index contributed by atoms with van der Waals surface area (Å²) < 4.78 is 0. The molecule has 0 aliphatic rings. The molecule has 2 aromatic rings. The second kappa shape index (κ2) is 6.61. The first kappa shape index (κ1) is 14.7. The Labute approximate surface area is 122 Å². The van der Waals surface area contributed by atoms with Gasteiger partial charge >= 0.3 is 5.97 Å². The van der Waals surface area contributed by atoms with Crippen LogP contribution in [0, 0.1) is 5.92 Å². The predicted octanol–water partition coefficient (Wildman–Crippen LogP) is 3.34. The molecule has 0 saturated carbocycles. The zero-order valence-corrected chi connectivity index (χ0v) is 12.4. The van der Waals surface area contributed by atoms with Gasteiger partial charge in [0.1, 0.15) is 5.82 Å². The minimum absolute atomic E-state index is 0.289. The molecule has 1 aromatic heterocycles. The van der Waals surface area contributed by atoms with Gasteiger partial charge < -0.3 is 10.4 Å². The molecule has 1 atom stereocenters. The van der Waals surface area contributed by atoms with Crippen LogP contribution in [0.5, 0.6) is 0 Å². The molecular weight excluding hydrogens is 272 g/mol. The number of fused-ring (bicyclic) bond motifs is 1. The molecule has 2 rings (SSSR count). The van der Waals surface area contributed by atoms with Gasteiger partial charge in [-0.2, -0.15) is 11.8 Å². The highest BCUT2D eigenvalue weighted by atomic mass is 32.2. The molecule has 0 radical (unpaired) electrons. The van der Waals surface area contributed by atoms with Crippen molar-refractivity contribution in [2.75, 3.05) is 23.9 Å². The number of carboxylic acids is 1. The number of hydrogen-bond donors (Lipinski definition) is 2. The van der Waals surface area contributed by atoms with Crippen molar-refractivity contribution in [1.82, 2.24) is 4.98 Å². The normalized spacial score (nSPS) is 12.3. The van der Waals surface area contributed by atoms with Gasteiger partial charge in [-0.1, -0.05) is 13.0 Å². The minimum Gasteiger partial charge on any atom is -0.478 e. The van der Waals surface area contributed by atoms with Crippen molar-refractivity contribution < 1.29 is 9.90 Å². The van der Waals surface area contributed by atoms with Gasteiger partial charge in [-0.25, -0.2) is 9.78 Å². The highest BCUT2D eigenvalue weighted by Gasteiger charge is 2.09. The molecule has 0 amide bonds. The number of anilines is 1. The average Bonchev–Trinajstić information content (AvgIpc) is 2.44. The number of aromatic nitrogens is 1. The first-order chi connectivity index (χ1) is 9.61. The monoisotopic (exact) mass is 290 g/mol. The van der Waals surface area contributed by atoms with Gasteiger partial charge in [-0.05, 0) is 42.2 Å². The maximum absolute atomic E-state index is 11.1. The first-order valence-electron chi connectivity index (χ1n) is 6.47. The van der Waals surface area contributed by atoms with Crippen molar-refractivity contribution in [2.45, 2.75) is 6.92 Å². The lowest BCUT2D eigenvalue weighted by Gasteiger charge is -2.12. The second-order valence-corrected chi connectivity index (χ2v) is 5.73. The van der Waals surface area contributed by atoms with Crippen LogP contribution in [0.2, 0.25) is 0 Å². The Hall–Kier alpha value is -1.75. The Balaban J connectivity index is 2.20. The van der Waals surface area contributed by atoms with E-state index < -0.39 is 5.97 Å². The number of nitrogens with one attached hydrogen (secondary N) is 1. The van der Waals surface area contributed by atoms with Crippen molar-refractivity contribution in [3.8, 4) is 0 Å². The average molecular weight is 290 g/mol. The zero-order valence-electron chi connectivity index (χ0n) is 11.6. The fourth-order valence-electron chi connectivity index (χ4n) is 2.06. The molecule has 0 spiro atoms. The molecule has 0 aliphatic carbocycles. The molecule has 0 aliphatic heterocycles. The number of carbonyl (C=O) groups is 1. The summed E-state index contributed by atoms with van der Waals surface area (Å²) in [5.41, 5.74) is 0.990. The Bertz CT molecular complexity index is 616. The van der Waals surface area contributed by atoms with Crippen LogP contribution in [0.15, 0.2) is 30.3 Å². The number of thioether (sulfide) groups is 1. The number of aromatic carboxylic acids is 1. The van der Waals surface area contributed by atoms with Crippen LogP contribution in [-0.4, -0.2) is 34.6 Å². The van der Waals surface area contributed by atoms with Gasteiger partial charge in [-0.3, -0.25) is 0 Å². The van der Waals surface area contributed by atoms with Crippen molar-refractivity contribution in [1.29, 1.82) is 0 Å². The van der Waals surface area contributed by atoms with Crippen LogP contribution in [0.25, 0.3) is 10.9 Å². The lowest BCUT2D eigenvalue weighted by Crippen LogP contribution is -2.14. The zero-order chi connectivity index (χ0) is 14.5. The Morgan fingerprint density at radius 1 is 1.40 bits per heavy atom. The molecule has 1 heterocycles. The molecule has 20 heavy (non-hydrogen) atoms. The van der Waals surface area contributed by atoms with E-state index in [1.165, 1.54) is 0 Å². The van der Waals surface area contributed by atoms with Crippen LogP contribution in [0.3, 0.4) is 0 Å². The first-order valence-corrected chi connectivity index (χ1v) is 7.87. The van der Waals surface area contributed by atoms with Gasteiger partial charge in [-0.15, -0.1) is 0 Å². The molecule has 1 unspecified atom stereocenters. The SMILES string of the molecule is CSCC(C)CNc1ccc2c(C(=O)O)cccc2n1. The van der Waals surface area contributed by atoms with Crippen LogP contribution in [-0.2, 0) is 0 Å². The fourth-order valence-corrected chi connectivity index (χ4v) is 2.75. The lowest BCUT2D eigenvalue weighted by molar-refractivity contribution is 0.0699. The van der Waals surface area contributed by atoms with Gasteiger partial charge in [0.25, 0.3) is 0 Å². The number of carboxylic acid groups (broad SMARTS) is 1. The van der Waals surface area contributed by atoms with Crippen LogP contribution < -0.4 is 5.32 Å². The van der Waals surface area contributed by atoms with Crippen molar-refractivity contribution in [2.24, 2.45) is 5.92 Å².